The van der Waals surface area contributed by atoms with E-state index in [1.165, 1.54) is 6.07 Å². The smallest absolute Gasteiger partial charge is 0.263 e. The van der Waals surface area contributed by atoms with E-state index in [-0.39, 0.29) is 11.7 Å². The molecule has 0 aromatic heterocycles. The van der Waals surface area contributed by atoms with Crippen molar-refractivity contribution in [3.8, 4) is 11.5 Å². The number of carbonyl (C=O) groups is 1. The third kappa shape index (κ3) is 4.51. The van der Waals surface area contributed by atoms with Crippen LogP contribution >= 0.6 is 0 Å². The summed E-state index contributed by atoms with van der Waals surface area (Å²) in [6.45, 7) is 4.24. The van der Waals surface area contributed by atoms with Crippen LogP contribution in [-0.4, -0.2) is 50.2 Å². The fraction of sp³-hybridized carbons (Fsp3) is 0.381. The lowest BCUT2D eigenvalue weighted by molar-refractivity contribution is -0.139. The van der Waals surface area contributed by atoms with Crippen LogP contribution in [0.3, 0.4) is 0 Å². The lowest BCUT2D eigenvalue weighted by atomic mass is 10.2. The Morgan fingerprint density at radius 1 is 1.04 bits per heavy atom. The van der Waals surface area contributed by atoms with Crippen LogP contribution in [0, 0.1) is 5.82 Å². The van der Waals surface area contributed by atoms with E-state index in [1.807, 2.05) is 17.9 Å². The van der Waals surface area contributed by atoms with Gasteiger partial charge in [-0.05, 0) is 42.8 Å². The molecule has 1 saturated heterocycles. The number of hydrogen-bond donors (Lipinski definition) is 0. The molecule has 0 saturated carbocycles. The van der Waals surface area contributed by atoms with Crippen LogP contribution in [0.15, 0.2) is 48.5 Å². The van der Waals surface area contributed by atoms with Gasteiger partial charge in [0.2, 0.25) is 0 Å². The van der Waals surface area contributed by atoms with E-state index in [0.717, 1.165) is 5.75 Å². The summed E-state index contributed by atoms with van der Waals surface area (Å²) < 4.78 is 25.0. The number of halogens is 1. The summed E-state index contributed by atoms with van der Waals surface area (Å²) in [7, 11) is 1.61. The van der Waals surface area contributed by atoms with Gasteiger partial charge in [0, 0.05) is 26.2 Å². The predicted molar refractivity (Wildman–Crippen MR) is 103 cm³/mol. The topological polar surface area (TPSA) is 42.0 Å². The molecule has 27 heavy (non-hydrogen) atoms. The van der Waals surface area contributed by atoms with Crippen molar-refractivity contribution in [2.45, 2.75) is 19.4 Å². The highest BCUT2D eigenvalue weighted by Crippen LogP contribution is 2.22. The molecule has 1 fully saturated rings. The fourth-order valence-corrected chi connectivity index (χ4v) is 3.21. The summed E-state index contributed by atoms with van der Waals surface area (Å²) in [6, 6.07) is 13.9. The van der Waals surface area contributed by atoms with Crippen LogP contribution in [0.5, 0.6) is 11.5 Å². The van der Waals surface area contributed by atoms with Crippen LogP contribution in [-0.2, 0) is 4.79 Å². The normalized spacial score (nSPS) is 15.4. The van der Waals surface area contributed by atoms with Gasteiger partial charge >= 0.3 is 0 Å². The van der Waals surface area contributed by atoms with Gasteiger partial charge in [0.25, 0.3) is 5.91 Å². The van der Waals surface area contributed by atoms with Crippen molar-refractivity contribution in [1.29, 1.82) is 0 Å². The maximum absolute atomic E-state index is 14.0. The maximum atomic E-state index is 14.0. The summed E-state index contributed by atoms with van der Waals surface area (Å²) in [4.78, 5) is 16.6. The number of methoxy groups -OCH3 is 1. The van der Waals surface area contributed by atoms with Gasteiger partial charge in [-0.15, -0.1) is 0 Å². The molecule has 3 rings (SSSR count). The molecule has 144 valence electrons. The van der Waals surface area contributed by atoms with E-state index in [0.29, 0.717) is 44.0 Å². The lowest BCUT2D eigenvalue weighted by Gasteiger charge is -2.37. The van der Waals surface area contributed by atoms with Crippen molar-refractivity contribution in [2.75, 3.05) is 38.2 Å². The third-order valence-corrected chi connectivity index (χ3v) is 4.77. The largest absolute Gasteiger partial charge is 0.497 e. The second kappa shape index (κ2) is 8.75. The number of hydrogen-bond acceptors (Lipinski definition) is 4. The van der Waals surface area contributed by atoms with Gasteiger partial charge in [0.1, 0.15) is 17.3 Å². The molecule has 2 aromatic rings. The number of nitrogens with zero attached hydrogens (tertiary/aromatic N) is 2. The molecule has 2 aromatic carbocycles. The van der Waals surface area contributed by atoms with Crippen LogP contribution < -0.4 is 14.4 Å². The first-order valence-corrected chi connectivity index (χ1v) is 9.21. The molecule has 1 aliphatic rings. The first-order valence-electron chi connectivity index (χ1n) is 9.21. The highest BCUT2D eigenvalue weighted by atomic mass is 19.1. The van der Waals surface area contributed by atoms with Gasteiger partial charge in [-0.3, -0.25) is 4.79 Å². The average Bonchev–Trinajstić information content (AvgIpc) is 2.72. The number of anilines is 1. The Labute approximate surface area is 159 Å². The average molecular weight is 372 g/mol. The Kier molecular flexibility index (Phi) is 6.16. The van der Waals surface area contributed by atoms with Crippen molar-refractivity contribution in [3.63, 3.8) is 0 Å². The zero-order valence-electron chi connectivity index (χ0n) is 15.7. The summed E-state index contributed by atoms with van der Waals surface area (Å²) in [6.07, 6.45) is 0.0525. The Morgan fingerprint density at radius 2 is 1.67 bits per heavy atom. The monoisotopic (exact) mass is 372 g/mol. The van der Waals surface area contributed by atoms with Crippen LogP contribution in [0.2, 0.25) is 0 Å². The Hall–Kier alpha value is -2.76. The number of ether oxygens (including phenoxy) is 2. The SMILES string of the molecule is CC[C@@H](Oc1ccc(OC)cc1)C(=O)N1CCN(c2ccccc2F)CC1. The van der Waals surface area contributed by atoms with Gasteiger partial charge < -0.3 is 19.3 Å². The summed E-state index contributed by atoms with van der Waals surface area (Å²) in [5, 5.41) is 0. The summed E-state index contributed by atoms with van der Waals surface area (Å²) >= 11 is 0. The molecule has 0 unspecified atom stereocenters. The van der Waals surface area contributed by atoms with E-state index in [9.17, 15) is 9.18 Å². The molecule has 1 amide bonds. The molecule has 0 bridgehead atoms. The Balaban J connectivity index is 1.59. The maximum Gasteiger partial charge on any atom is 0.263 e. The molecular formula is C21H25FN2O3. The fourth-order valence-electron chi connectivity index (χ4n) is 3.21. The highest BCUT2D eigenvalue weighted by molar-refractivity contribution is 5.81. The lowest BCUT2D eigenvalue weighted by Crippen LogP contribution is -2.52. The number of benzene rings is 2. The summed E-state index contributed by atoms with van der Waals surface area (Å²) in [5.74, 6) is 1.13. The first-order chi connectivity index (χ1) is 13.1. The number of para-hydroxylation sites is 1. The minimum absolute atomic E-state index is 0.0264. The zero-order chi connectivity index (χ0) is 19.2. The standard InChI is InChI=1S/C21H25FN2O3/c1-3-20(27-17-10-8-16(26-2)9-11-17)21(25)24-14-12-23(13-15-24)19-7-5-4-6-18(19)22/h4-11,20H,3,12-15H2,1-2H3/t20-/m1/s1. The molecule has 0 aliphatic carbocycles. The Bertz CT molecular complexity index is 758. The number of piperazine rings is 1. The molecule has 0 radical (unpaired) electrons. The van der Waals surface area contributed by atoms with Crippen molar-refractivity contribution in [1.82, 2.24) is 4.90 Å². The highest BCUT2D eigenvalue weighted by Gasteiger charge is 2.28. The molecule has 0 N–H and O–H groups in total. The summed E-state index contributed by atoms with van der Waals surface area (Å²) in [5.41, 5.74) is 0.589. The molecule has 5 nitrogen and oxygen atoms in total. The minimum atomic E-state index is -0.529. The Morgan fingerprint density at radius 3 is 2.26 bits per heavy atom. The molecular weight excluding hydrogens is 347 g/mol. The molecule has 0 spiro atoms. The predicted octanol–water partition coefficient (Wildman–Crippen LogP) is 3.34. The van der Waals surface area contributed by atoms with E-state index in [4.69, 9.17) is 9.47 Å². The minimum Gasteiger partial charge on any atom is -0.497 e. The van der Waals surface area contributed by atoms with Crippen molar-refractivity contribution in [3.05, 3.63) is 54.3 Å². The molecule has 6 heteroatoms. The van der Waals surface area contributed by atoms with Crippen LogP contribution in [0.25, 0.3) is 0 Å². The van der Waals surface area contributed by atoms with Gasteiger partial charge in [-0.2, -0.15) is 0 Å². The first kappa shape index (κ1) is 19.0. The van der Waals surface area contributed by atoms with E-state index in [2.05, 4.69) is 0 Å². The molecule has 1 heterocycles. The van der Waals surface area contributed by atoms with Crippen molar-refractivity contribution in [2.24, 2.45) is 0 Å². The molecule has 1 aliphatic heterocycles. The van der Waals surface area contributed by atoms with E-state index < -0.39 is 6.10 Å². The van der Waals surface area contributed by atoms with Crippen molar-refractivity contribution < 1.29 is 18.7 Å². The van der Waals surface area contributed by atoms with Gasteiger partial charge in [-0.25, -0.2) is 4.39 Å². The second-order valence-corrected chi connectivity index (χ2v) is 6.45. The number of amides is 1. The third-order valence-electron chi connectivity index (χ3n) is 4.77. The van der Waals surface area contributed by atoms with Gasteiger partial charge in [0.05, 0.1) is 12.8 Å². The van der Waals surface area contributed by atoms with Gasteiger partial charge in [-0.1, -0.05) is 19.1 Å². The second-order valence-electron chi connectivity index (χ2n) is 6.45. The van der Waals surface area contributed by atoms with Crippen molar-refractivity contribution >= 4 is 11.6 Å². The quantitative estimate of drug-likeness (QED) is 0.780. The molecule has 1 atom stereocenters. The van der Waals surface area contributed by atoms with E-state index >= 15 is 0 Å². The van der Waals surface area contributed by atoms with E-state index in [1.54, 1.807) is 48.4 Å². The number of carbonyl (C=O) groups excluding carboxylic acids is 1. The number of rotatable bonds is 6. The zero-order valence-corrected chi connectivity index (χ0v) is 15.7. The van der Waals surface area contributed by atoms with Crippen LogP contribution in [0.4, 0.5) is 10.1 Å². The van der Waals surface area contributed by atoms with Gasteiger partial charge in [0.15, 0.2) is 6.10 Å². The van der Waals surface area contributed by atoms with Crippen LogP contribution in [0.1, 0.15) is 13.3 Å².